The first-order chi connectivity index (χ1) is 5.50. The van der Waals surface area contributed by atoms with Crippen LogP contribution in [0.2, 0.25) is 0 Å². The summed E-state index contributed by atoms with van der Waals surface area (Å²) in [6.07, 6.45) is 7.51. The first kappa shape index (κ1) is 9.91. The van der Waals surface area contributed by atoms with Gasteiger partial charge in [0.25, 0.3) is 0 Å². The van der Waals surface area contributed by atoms with Crippen molar-refractivity contribution in [2.75, 3.05) is 0 Å². The summed E-state index contributed by atoms with van der Waals surface area (Å²) in [4.78, 5) is 1.11. The van der Waals surface area contributed by atoms with Crippen molar-refractivity contribution >= 4 is 17.1 Å². The van der Waals surface area contributed by atoms with E-state index in [9.17, 15) is 0 Å². The zero-order chi connectivity index (χ0) is 9.19. The summed E-state index contributed by atoms with van der Waals surface area (Å²) in [7, 11) is 0. The molecule has 0 amide bonds. The maximum atomic E-state index is 5.35. The fraction of sp³-hybridized carbons (Fsp3) is 0.727. The smallest absolute Gasteiger partial charge is 0.0205 e. The summed E-state index contributed by atoms with van der Waals surface area (Å²) in [5.74, 6) is 0. The van der Waals surface area contributed by atoms with Gasteiger partial charge in [-0.25, -0.2) is 0 Å². The zero-order valence-corrected chi connectivity index (χ0v) is 9.13. The molecule has 0 N–H and O–H groups in total. The van der Waals surface area contributed by atoms with Crippen molar-refractivity contribution in [3.05, 3.63) is 11.6 Å². The average molecular weight is 182 g/mol. The lowest BCUT2D eigenvalue weighted by Gasteiger charge is -2.17. The number of hydrogen-bond donors (Lipinski definition) is 0. The van der Waals surface area contributed by atoms with Gasteiger partial charge in [0.2, 0.25) is 0 Å². The van der Waals surface area contributed by atoms with Crippen LogP contribution in [0.4, 0.5) is 0 Å². The van der Waals surface area contributed by atoms with Gasteiger partial charge in [0.15, 0.2) is 0 Å². The maximum Gasteiger partial charge on any atom is 0.0205 e. The molecule has 0 aromatic heterocycles. The first-order valence-corrected chi connectivity index (χ1v) is 5.15. The Labute approximate surface area is 81.1 Å². The molecule has 0 saturated heterocycles. The summed E-state index contributed by atoms with van der Waals surface area (Å²) >= 11 is 5.35. The molecule has 12 heavy (non-hydrogen) atoms. The van der Waals surface area contributed by atoms with E-state index in [0.29, 0.717) is 0 Å². The fourth-order valence-electron chi connectivity index (χ4n) is 1.38. The van der Waals surface area contributed by atoms with Crippen LogP contribution in [0.5, 0.6) is 0 Å². The molecule has 0 radical (unpaired) electrons. The van der Waals surface area contributed by atoms with Crippen molar-refractivity contribution in [1.29, 1.82) is 0 Å². The third-order valence-corrected chi connectivity index (χ3v) is 3.05. The van der Waals surface area contributed by atoms with E-state index in [1.54, 1.807) is 5.57 Å². The highest BCUT2D eigenvalue weighted by Gasteiger charge is 2.16. The van der Waals surface area contributed by atoms with E-state index >= 15 is 0 Å². The van der Waals surface area contributed by atoms with Crippen molar-refractivity contribution in [3.63, 3.8) is 0 Å². The standard InChI is InChI=1S/C11H18S/c1-11(2,3)10(12)8-9-6-4-5-7-9/h8H,4-7H2,1-3H3. The summed E-state index contributed by atoms with van der Waals surface area (Å²) < 4.78 is 0. The van der Waals surface area contributed by atoms with E-state index in [2.05, 4.69) is 26.8 Å². The lowest BCUT2D eigenvalue weighted by molar-refractivity contribution is 0.603. The van der Waals surface area contributed by atoms with Crippen molar-refractivity contribution in [2.45, 2.75) is 46.5 Å². The molecule has 1 saturated carbocycles. The molecule has 0 bridgehead atoms. The van der Waals surface area contributed by atoms with E-state index < -0.39 is 0 Å². The van der Waals surface area contributed by atoms with Crippen LogP contribution in [0, 0.1) is 5.41 Å². The molecule has 0 spiro atoms. The molecular weight excluding hydrogens is 164 g/mol. The Morgan fingerprint density at radius 2 is 1.75 bits per heavy atom. The molecule has 0 aromatic carbocycles. The van der Waals surface area contributed by atoms with Gasteiger partial charge in [-0.2, -0.15) is 0 Å². The normalized spacial score (nSPS) is 18.1. The zero-order valence-electron chi connectivity index (χ0n) is 8.31. The predicted octanol–water partition coefficient (Wildman–Crippen LogP) is 3.90. The Hall–Kier alpha value is -0.170. The Balaban J connectivity index is 2.60. The molecule has 0 heterocycles. The largest absolute Gasteiger partial charge is 0.0843 e. The fourth-order valence-corrected chi connectivity index (χ4v) is 1.54. The number of rotatable bonds is 1. The molecule has 1 aliphatic carbocycles. The summed E-state index contributed by atoms with van der Waals surface area (Å²) in [5, 5.41) is 0. The van der Waals surface area contributed by atoms with Crippen LogP contribution in [0.3, 0.4) is 0 Å². The van der Waals surface area contributed by atoms with Crippen LogP contribution < -0.4 is 0 Å². The third-order valence-electron chi connectivity index (χ3n) is 2.32. The molecule has 0 aromatic rings. The Morgan fingerprint density at radius 3 is 2.17 bits per heavy atom. The minimum atomic E-state index is 0.172. The van der Waals surface area contributed by atoms with Crippen LogP contribution in [0.25, 0.3) is 0 Å². The first-order valence-electron chi connectivity index (χ1n) is 4.74. The SMILES string of the molecule is CC(C)(C)C(=S)C=C1CCCC1. The third kappa shape index (κ3) is 2.71. The van der Waals surface area contributed by atoms with Gasteiger partial charge >= 0.3 is 0 Å². The van der Waals surface area contributed by atoms with Gasteiger partial charge in [-0.1, -0.05) is 38.6 Å². The topological polar surface area (TPSA) is 0 Å². The molecule has 0 atom stereocenters. The highest BCUT2D eigenvalue weighted by Crippen LogP contribution is 2.26. The monoisotopic (exact) mass is 182 g/mol. The van der Waals surface area contributed by atoms with Gasteiger partial charge in [0.1, 0.15) is 0 Å². The Bertz CT molecular complexity index is 198. The summed E-state index contributed by atoms with van der Waals surface area (Å²) in [6, 6.07) is 0. The molecule has 1 heteroatoms. The molecule has 68 valence electrons. The molecule has 1 fully saturated rings. The Morgan fingerprint density at radius 1 is 1.25 bits per heavy atom. The van der Waals surface area contributed by atoms with Crippen molar-refractivity contribution in [3.8, 4) is 0 Å². The van der Waals surface area contributed by atoms with Gasteiger partial charge in [-0.05, 0) is 37.2 Å². The van der Waals surface area contributed by atoms with Gasteiger partial charge < -0.3 is 0 Å². The quantitative estimate of drug-likeness (QED) is 0.438. The van der Waals surface area contributed by atoms with Crippen LogP contribution in [0.1, 0.15) is 46.5 Å². The van der Waals surface area contributed by atoms with Crippen LogP contribution in [-0.4, -0.2) is 4.86 Å². The number of thiocarbonyl (C=S) groups is 1. The van der Waals surface area contributed by atoms with Gasteiger partial charge in [0, 0.05) is 4.86 Å². The van der Waals surface area contributed by atoms with E-state index in [-0.39, 0.29) is 5.41 Å². The van der Waals surface area contributed by atoms with Crippen LogP contribution in [-0.2, 0) is 0 Å². The van der Waals surface area contributed by atoms with E-state index in [1.807, 2.05) is 0 Å². The molecule has 1 aliphatic rings. The van der Waals surface area contributed by atoms with Crippen molar-refractivity contribution < 1.29 is 0 Å². The Kier molecular flexibility index (Phi) is 3.05. The maximum absolute atomic E-state index is 5.35. The minimum Gasteiger partial charge on any atom is -0.0843 e. The second-order valence-corrected chi connectivity index (χ2v) is 5.06. The van der Waals surface area contributed by atoms with Crippen LogP contribution in [0.15, 0.2) is 11.6 Å². The number of allylic oxidation sites excluding steroid dienone is 2. The summed E-state index contributed by atoms with van der Waals surface area (Å²) in [5.41, 5.74) is 1.74. The van der Waals surface area contributed by atoms with Gasteiger partial charge in [0.05, 0.1) is 0 Å². The summed E-state index contributed by atoms with van der Waals surface area (Å²) in [6.45, 7) is 6.55. The molecule has 0 aliphatic heterocycles. The lowest BCUT2D eigenvalue weighted by atomic mass is 9.90. The molecule has 0 nitrogen and oxygen atoms in total. The molecule has 0 unspecified atom stereocenters. The predicted molar refractivity (Wildman–Crippen MR) is 58.6 cm³/mol. The second kappa shape index (κ2) is 3.69. The highest BCUT2D eigenvalue weighted by molar-refractivity contribution is 7.80. The second-order valence-electron chi connectivity index (χ2n) is 4.62. The van der Waals surface area contributed by atoms with Crippen molar-refractivity contribution in [1.82, 2.24) is 0 Å². The minimum absolute atomic E-state index is 0.172. The van der Waals surface area contributed by atoms with Gasteiger partial charge in [-0.3, -0.25) is 0 Å². The molecule has 1 rings (SSSR count). The van der Waals surface area contributed by atoms with Crippen molar-refractivity contribution in [2.24, 2.45) is 5.41 Å². The van der Waals surface area contributed by atoms with E-state index in [4.69, 9.17) is 12.2 Å². The van der Waals surface area contributed by atoms with Gasteiger partial charge in [-0.15, -0.1) is 0 Å². The van der Waals surface area contributed by atoms with Crippen LogP contribution >= 0.6 is 12.2 Å². The van der Waals surface area contributed by atoms with E-state index in [0.717, 1.165) is 4.86 Å². The highest BCUT2D eigenvalue weighted by atomic mass is 32.1. The lowest BCUT2D eigenvalue weighted by Crippen LogP contribution is -2.15. The van der Waals surface area contributed by atoms with E-state index in [1.165, 1.54) is 25.7 Å². The molecular formula is C11H18S. The number of hydrogen-bond acceptors (Lipinski definition) is 1. The average Bonchev–Trinajstić information content (AvgIpc) is 2.37.